The highest BCUT2D eigenvalue weighted by Gasteiger charge is 2.30. The molecule has 3 aromatic rings. The van der Waals surface area contributed by atoms with Gasteiger partial charge in [0.15, 0.2) is 17.2 Å². The highest BCUT2D eigenvalue weighted by atomic mass is 79.9. The number of amides is 4. The number of benzene rings is 1. The molecule has 1 aliphatic rings. The number of thiophene rings is 1. The van der Waals surface area contributed by atoms with Crippen LogP contribution in [0.3, 0.4) is 0 Å². The highest BCUT2D eigenvalue weighted by Crippen LogP contribution is 2.46. The van der Waals surface area contributed by atoms with Crippen LogP contribution in [0.5, 0.6) is 5.75 Å². The lowest BCUT2D eigenvalue weighted by molar-refractivity contribution is -0.139. The molecule has 13 nitrogen and oxygen atoms in total. The van der Waals surface area contributed by atoms with Gasteiger partial charge in [-0.15, -0.1) is 11.3 Å². The number of ether oxygens (including phenoxy) is 1. The van der Waals surface area contributed by atoms with Gasteiger partial charge >= 0.3 is 24.0 Å². The summed E-state index contributed by atoms with van der Waals surface area (Å²) in [5, 5.41) is 26.5. The van der Waals surface area contributed by atoms with E-state index in [1.807, 2.05) is 12.1 Å². The number of carboxylic acids is 2. The molecular weight excluding hydrogens is 632 g/mol. The maximum absolute atomic E-state index is 13.1. The van der Waals surface area contributed by atoms with Crippen molar-refractivity contribution in [2.45, 2.75) is 18.9 Å². The Hall–Kier alpha value is -4.37. The summed E-state index contributed by atoms with van der Waals surface area (Å²) in [6.07, 6.45) is 2.92. The van der Waals surface area contributed by atoms with Gasteiger partial charge < -0.3 is 35.8 Å². The number of nitrogens with one attached hydrogen (secondary N) is 3. The molecule has 0 unspecified atom stereocenters. The summed E-state index contributed by atoms with van der Waals surface area (Å²) in [4.78, 5) is 56.2. The molecule has 1 fully saturated rings. The number of piperidine rings is 1. The summed E-state index contributed by atoms with van der Waals surface area (Å²) in [5.41, 5.74) is 1.84. The number of halogens is 1. The number of aromatic carboxylic acids is 1. The van der Waals surface area contributed by atoms with Crippen molar-refractivity contribution >= 4 is 68.5 Å². The molecule has 0 spiro atoms. The molecule has 4 amide bonds. The third kappa shape index (κ3) is 6.91. The first kappa shape index (κ1) is 30.6. The molecule has 222 valence electrons. The molecule has 0 atom stereocenters. The smallest absolute Gasteiger partial charge is 0.349 e. The van der Waals surface area contributed by atoms with E-state index in [4.69, 9.17) is 9.84 Å². The van der Waals surface area contributed by atoms with Crippen LogP contribution >= 0.6 is 27.3 Å². The number of rotatable bonds is 9. The number of hydrogen-bond donors (Lipinski definition) is 5. The molecule has 1 aromatic carbocycles. The number of nitrogens with zero attached hydrogens (tertiary/aromatic N) is 3. The van der Waals surface area contributed by atoms with Gasteiger partial charge in [0, 0.05) is 38.9 Å². The topological polar surface area (TPSA) is 173 Å². The Morgan fingerprint density at radius 1 is 1.12 bits per heavy atom. The fourth-order valence-electron chi connectivity index (χ4n) is 4.59. The minimum Gasteiger partial charge on any atom is -0.479 e. The monoisotopic (exact) mass is 660 g/mol. The Bertz CT molecular complexity index is 1470. The first-order valence-electron chi connectivity index (χ1n) is 12.8. The van der Waals surface area contributed by atoms with Gasteiger partial charge in [-0.25, -0.2) is 24.2 Å². The standard InChI is InChI=1S/C27H29BrN6O7S/c1-29-26(39)32-16-6-7-19(31-13-16)33-10-8-17(9-11-33)34(27(40)30-2)18-5-3-4-15(12-18)23-21(28)22(41-14-20(35)36)24(42-23)25(37)38/h3-7,12-13,17H,8-11,14H2,1-2H3,(H,30,40)(H,35,36)(H,37,38)(H2,29,32,39). The Labute approximate surface area is 253 Å². The van der Waals surface area contributed by atoms with Crippen molar-refractivity contribution in [1.29, 1.82) is 0 Å². The highest BCUT2D eigenvalue weighted by molar-refractivity contribution is 9.10. The predicted octanol–water partition coefficient (Wildman–Crippen LogP) is 4.30. The predicted molar refractivity (Wildman–Crippen MR) is 162 cm³/mol. The second-order valence-corrected chi connectivity index (χ2v) is 11.0. The minimum absolute atomic E-state index is 0.0584. The summed E-state index contributed by atoms with van der Waals surface area (Å²) in [7, 11) is 3.10. The zero-order chi connectivity index (χ0) is 30.4. The van der Waals surface area contributed by atoms with Crippen LogP contribution < -0.4 is 30.5 Å². The first-order chi connectivity index (χ1) is 20.1. The van der Waals surface area contributed by atoms with Crippen LogP contribution in [0.15, 0.2) is 47.1 Å². The van der Waals surface area contributed by atoms with Crippen molar-refractivity contribution < 1.29 is 34.1 Å². The van der Waals surface area contributed by atoms with Crippen LogP contribution in [0.1, 0.15) is 22.5 Å². The Morgan fingerprint density at radius 2 is 1.86 bits per heavy atom. The van der Waals surface area contributed by atoms with Crippen LogP contribution in [0, 0.1) is 0 Å². The summed E-state index contributed by atoms with van der Waals surface area (Å²) in [6, 6.07) is 10.1. The van der Waals surface area contributed by atoms with Crippen molar-refractivity contribution in [1.82, 2.24) is 15.6 Å². The number of anilines is 3. The average molecular weight is 662 g/mol. The molecule has 15 heteroatoms. The number of carbonyl (C=O) groups is 4. The second kappa shape index (κ2) is 13.5. The second-order valence-electron chi connectivity index (χ2n) is 9.19. The van der Waals surface area contributed by atoms with Gasteiger partial charge in [0.05, 0.1) is 21.2 Å². The minimum atomic E-state index is -1.24. The number of pyridine rings is 1. The van der Waals surface area contributed by atoms with Crippen LogP contribution in [-0.2, 0) is 4.79 Å². The molecule has 5 N–H and O–H groups in total. The summed E-state index contributed by atoms with van der Waals surface area (Å²) in [6.45, 7) is 0.608. The van der Waals surface area contributed by atoms with Gasteiger partial charge in [-0.3, -0.25) is 4.90 Å². The molecule has 4 rings (SSSR count). The fourth-order valence-corrected chi connectivity index (χ4v) is 6.48. The molecule has 1 aliphatic heterocycles. The maximum Gasteiger partial charge on any atom is 0.349 e. The van der Waals surface area contributed by atoms with E-state index >= 15 is 0 Å². The molecule has 2 aromatic heterocycles. The van der Waals surface area contributed by atoms with E-state index in [0.29, 0.717) is 52.2 Å². The zero-order valence-electron chi connectivity index (χ0n) is 22.7. The van der Waals surface area contributed by atoms with Crippen molar-refractivity contribution in [2.24, 2.45) is 0 Å². The Balaban J connectivity index is 1.55. The molecule has 0 aliphatic carbocycles. The molecule has 0 radical (unpaired) electrons. The van der Waals surface area contributed by atoms with E-state index in [1.165, 1.54) is 7.05 Å². The maximum atomic E-state index is 13.1. The SMILES string of the molecule is CNC(=O)Nc1ccc(N2CCC(N(C(=O)NC)c3cccc(-c4sc(C(=O)O)c(OCC(=O)O)c4Br)c3)CC2)nc1. The number of urea groups is 2. The van der Waals surface area contributed by atoms with Crippen molar-refractivity contribution in [3.63, 3.8) is 0 Å². The van der Waals surface area contributed by atoms with E-state index in [9.17, 15) is 24.3 Å². The molecular formula is C27H29BrN6O7S. The number of aliphatic carboxylic acids is 1. The summed E-state index contributed by atoms with van der Waals surface area (Å²) in [5.74, 6) is -1.76. The Morgan fingerprint density at radius 3 is 2.45 bits per heavy atom. The first-order valence-corrected chi connectivity index (χ1v) is 14.4. The molecule has 3 heterocycles. The summed E-state index contributed by atoms with van der Waals surface area (Å²) < 4.78 is 5.60. The number of carbonyl (C=O) groups excluding carboxylic acids is 2. The quantitative estimate of drug-likeness (QED) is 0.224. The third-order valence-corrected chi connectivity index (χ3v) is 8.78. The van der Waals surface area contributed by atoms with Crippen molar-refractivity contribution in [3.05, 3.63) is 51.9 Å². The van der Waals surface area contributed by atoms with Gasteiger partial charge in [0.25, 0.3) is 0 Å². The normalized spacial score (nSPS) is 13.3. The van der Waals surface area contributed by atoms with Gasteiger partial charge in [-0.05, 0) is 58.6 Å². The van der Waals surface area contributed by atoms with Crippen molar-refractivity contribution in [2.75, 3.05) is 48.9 Å². The van der Waals surface area contributed by atoms with E-state index in [2.05, 4.69) is 41.8 Å². The fraction of sp³-hybridized carbons (Fsp3) is 0.296. The van der Waals surface area contributed by atoms with Crippen LogP contribution in [0.25, 0.3) is 10.4 Å². The largest absolute Gasteiger partial charge is 0.479 e. The van der Waals surface area contributed by atoms with Gasteiger partial charge in [0.2, 0.25) is 0 Å². The molecule has 1 saturated heterocycles. The number of carboxylic acid groups (broad SMARTS) is 2. The lowest BCUT2D eigenvalue weighted by Crippen LogP contribution is -2.50. The lowest BCUT2D eigenvalue weighted by atomic mass is 10.0. The number of hydrogen-bond acceptors (Lipinski definition) is 8. The van der Waals surface area contributed by atoms with Gasteiger partial charge in [0.1, 0.15) is 5.82 Å². The summed E-state index contributed by atoms with van der Waals surface area (Å²) >= 11 is 4.34. The third-order valence-electron chi connectivity index (χ3n) is 6.55. The van der Waals surface area contributed by atoms with E-state index in [0.717, 1.165) is 17.2 Å². The van der Waals surface area contributed by atoms with E-state index < -0.39 is 18.5 Å². The molecule has 42 heavy (non-hydrogen) atoms. The number of aromatic nitrogens is 1. The van der Waals surface area contributed by atoms with Crippen LogP contribution in [-0.4, -0.2) is 79.0 Å². The van der Waals surface area contributed by atoms with E-state index in [-0.39, 0.29) is 28.7 Å². The van der Waals surface area contributed by atoms with Crippen LogP contribution in [0.2, 0.25) is 0 Å². The molecule has 0 saturated carbocycles. The van der Waals surface area contributed by atoms with Gasteiger partial charge in [-0.1, -0.05) is 12.1 Å². The molecule has 0 bridgehead atoms. The van der Waals surface area contributed by atoms with Crippen molar-refractivity contribution in [3.8, 4) is 16.2 Å². The van der Waals surface area contributed by atoms with E-state index in [1.54, 1.807) is 42.4 Å². The lowest BCUT2D eigenvalue weighted by Gasteiger charge is -2.39. The van der Waals surface area contributed by atoms with Gasteiger partial charge in [-0.2, -0.15) is 0 Å². The zero-order valence-corrected chi connectivity index (χ0v) is 25.1. The average Bonchev–Trinajstić information content (AvgIpc) is 3.33. The van der Waals surface area contributed by atoms with Crippen LogP contribution in [0.4, 0.5) is 26.8 Å². The Kier molecular flexibility index (Phi) is 9.85.